The summed E-state index contributed by atoms with van der Waals surface area (Å²) in [5.74, 6) is -2.86. The summed E-state index contributed by atoms with van der Waals surface area (Å²) < 4.78 is 51.2. The Labute approximate surface area is 116 Å². The minimum atomic E-state index is -3.84. The molecule has 0 atom stereocenters. The van der Waals surface area contributed by atoms with Gasteiger partial charge in [0.15, 0.2) is 21.5 Å². The quantitative estimate of drug-likeness (QED) is 0.886. The van der Waals surface area contributed by atoms with Crippen molar-refractivity contribution in [3.05, 3.63) is 59.2 Å². The number of hydrogen-bond donors (Lipinski definition) is 1. The molecule has 0 amide bonds. The minimum Gasteiger partial charge on any atom is -0.397 e. The Hall–Kier alpha value is -1.95. The molecule has 0 heterocycles. The molecule has 20 heavy (non-hydrogen) atoms. The smallest absolute Gasteiger partial charge is 0.184 e. The molecule has 0 bridgehead atoms. The van der Waals surface area contributed by atoms with Crippen LogP contribution in [0.1, 0.15) is 11.1 Å². The van der Waals surface area contributed by atoms with E-state index in [0.29, 0.717) is 5.56 Å². The summed E-state index contributed by atoms with van der Waals surface area (Å²) in [5, 5.41) is 0. The van der Waals surface area contributed by atoms with E-state index in [9.17, 15) is 17.2 Å². The molecule has 0 spiro atoms. The summed E-state index contributed by atoms with van der Waals surface area (Å²) in [5.41, 5.74) is 6.27. The highest BCUT2D eigenvalue weighted by atomic mass is 32.2. The molecule has 106 valence electrons. The highest BCUT2D eigenvalue weighted by Crippen LogP contribution is 2.26. The molecular formula is C14H13F2NO2S. The Morgan fingerprint density at radius 2 is 1.75 bits per heavy atom. The van der Waals surface area contributed by atoms with Gasteiger partial charge in [0.1, 0.15) is 0 Å². The number of nitrogen functional groups attached to an aromatic ring is 1. The van der Waals surface area contributed by atoms with E-state index in [1.807, 2.05) is 0 Å². The van der Waals surface area contributed by atoms with Gasteiger partial charge in [0, 0.05) is 5.56 Å². The van der Waals surface area contributed by atoms with Crippen molar-refractivity contribution in [3.8, 4) is 0 Å². The second kappa shape index (κ2) is 5.20. The van der Waals surface area contributed by atoms with Gasteiger partial charge in [-0.1, -0.05) is 24.3 Å². The molecule has 0 aliphatic carbocycles. The van der Waals surface area contributed by atoms with Gasteiger partial charge in [-0.2, -0.15) is 0 Å². The molecule has 2 rings (SSSR count). The summed E-state index contributed by atoms with van der Waals surface area (Å²) >= 11 is 0. The Bertz CT molecular complexity index is 758. The first-order valence-corrected chi connectivity index (χ1v) is 7.49. The molecule has 0 saturated carbocycles. The number of para-hydroxylation sites is 1. The molecule has 2 N–H and O–H groups in total. The number of sulfone groups is 1. The maximum Gasteiger partial charge on any atom is 0.184 e. The maximum atomic E-state index is 13.6. The standard InChI is InChI=1S/C14H13F2NO2S/c1-9-4-2-7-12(14(9)17)20(18,19)8-10-5-3-6-11(15)13(10)16/h2-7H,8,17H2,1H3. The van der Waals surface area contributed by atoms with Crippen LogP contribution in [-0.4, -0.2) is 8.42 Å². The predicted molar refractivity (Wildman–Crippen MR) is 72.8 cm³/mol. The van der Waals surface area contributed by atoms with Gasteiger partial charge in [-0.05, 0) is 24.6 Å². The predicted octanol–water partition coefficient (Wildman–Crippen LogP) is 2.83. The highest BCUT2D eigenvalue weighted by molar-refractivity contribution is 7.90. The third-order valence-corrected chi connectivity index (χ3v) is 4.71. The zero-order valence-corrected chi connectivity index (χ0v) is 11.5. The second-order valence-corrected chi connectivity index (χ2v) is 6.42. The van der Waals surface area contributed by atoms with Crippen molar-refractivity contribution in [1.82, 2.24) is 0 Å². The zero-order valence-electron chi connectivity index (χ0n) is 10.7. The molecule has 6 heteroatoms. The van der Waals surface area contributed by atoms with Gasteiger partial charge in [0.05, 0.1) is 16.3 Å². The Kier molecular flexibility index (Phi) is 3.76. The molecule has 0 fully saturated rings. The number of aryl methyl sites for hydroxylation is 1. The first-order valence-electron chi connectivity index (χ1n) is 5.83. The highest BCUT2D eigenvalue weighted by Gasteiger charge is 2.21. The van der Waals surface area contributed by atoms with Gasteiger partial charge in [-0.3, -0.25) is 0 Å². The fourth-order valence-electron chi connectivity index (χ4n) is 1.87. The van der Waals surface area contributed by atoms with Crippen molar-refractivity contribution in [3.63, 3.8) is 0 Å². The Morgan fingerprint density at radius 3 is 2.45 bits per heavy atom. The third-order valence-electron chi connectivity index (χ3n) is 3.00. The molecule has 2 aromatic carbocycles. The van der Waals surface area contributed by atoms with Crippen LogP contribution < -0.4 is 5.73 Å². The van der Waals surface area contributed by atoms with Crippen LogP contribution in [0, 0.1) is 18.6 Å². The number of rotatable bonds is 3. The average molecular weight is 297 g/mol. The van der Waals surface area contributed by atoms with Crippen LogP contribution in [0.5, 0.6) is 0 Å². The van der Waals surface area contributed by atoms with Crippen LogP contribution >= 0.6 is 0 Å². The number of halogens is 2. The van der Waals surface area contributed by atoms with Gasteiger partial charge < -0.3 is 5.73 Å². The molecule has 3 nitrogen and oxygen atoms in total. The van der Waals surface area contributed by atoms with E-state index in [1.54, 1.807) is 19.1 Å². The maximum absolute atomic E-state index is 13.6. The fraction of sp³-hybridized carbons (Fsp3) is 0.143. The largest absolute Gasteiger partial charge is 0.397 e. The van der Waals surface area contributed by atoms with Crippen molar-refractivity contribution in [1.29, 1.82) is 0 Å². The van der Waals surface area contributed by atoms with Crippen LogP contribution in [0.25, 0.3) is 0 Å². The monoisotopic (exact) mass is 297 g/mol. The van der Waals surface area contributed by atoms with Crippen molar-refractivity contribution in [2.75, 3.05) is 5.73 Å². The summed E-state index contributed by atoms with van der Waals surface area (Å²) in [6, 6.07) is 8.03. The number of benzene rings is 2. The van der Waals surface area contributed by atoms with Gasteiger partial charge in [-0.15, -0.1) is 0 Å². The number of anilines is 1. The third kappa shape index (κ3) is 2.65. The van der Waals surface area contributed by atoms with E-state index in [4.69, 9.17) is 5.73 Å². The molecule has 0 saturated heterocycles. The van der Waals surface area contributed by atoms with E-state index in [-0.39, 0.29) is 16.1 Å². The molecule has 2 aromatic rings. The topological polar surface area (TPSA) is 60.2 Å². The lowest BCUT2D eigenvalue weighted by molar-refractivity contribution is 0.501. The molecule has 0 aliphatic rings. The van der Waals surface area contributed by atoms with Crippen molar-refractivity contribution >= 4 is 15.5 Å². The zero-order chi connectivity index (χ0) is 14.9. The van der Waals surface area contributed by atoms with Crippen molar-refractivity contribution < 1.29 is 17.2 Å². The van der Waals surface area contributed by atoms with Crippen molar-refractivity contribution in [2.45, 2.75) is 17.6 Å². The normalized spacial score (nSPS) is 11.6. The van der Waals surface area contributed by atoms with Gasteiger partial charge in [-0.25, -0.2) is 17.2 Å². The van der Waals surface area contributed by atoms with Crippen LogP contribution in [0.2, 0.25) is 0 Å². The second-order valence-electron chi connectivity index (χ2n) is 4.46. The van der Waals surface area contributed by atoms with Crippen LogP contribution in [-0.2, 0) is 15.6 Å². The van der Waals surface area contributed by atoms with Gasteiger partial charge in [0.2, 0.25) is 0 Å². The fourth-order valence-corrected chi connectivity index (χ4v) is 3.44. The summed E-state index contributed by atoms with van der Waals surface area (Å²) in [6.07, 6.45) is 0. The minimum absolute atomic E-state index is 0.0684. The Balaban J connectivity index is 2.47. The molecular weight excluding hydrogens is 284 g/mol. The Morgan fingerprint density at radius 1 is 1.10 bits per heavy atom. The molecule has 0 radical (unpaired) electrons. The summed E-state index contributed by atoms with van der Waals surface area (Å²) in [7, 11) is -3.84. The first-order chi connectivity index (χ1) is 9.33. The van der Waals surface area contributed by atoms with Crippen LogP contribution in [0.4, 0.5) is 14.5 Å². The SMILES string of the molecule is Cc1cccc(S(=O)(=O)Cc2cccc(F)c2F)c1N. The first kappa shape index (κ1) is 14.5. The number of nitrogens with two attached hydrogens (primary N) is 1. The van der Waals surface area contributed by atoms with Gasteiger partial charge in [0.25, 0.3) is 0 Å². The lowest BCUT2D eigenvalue weighted by Gasteiger charge is -2.10. The summed E-state index contributed by atoms with van der Waals surface area (Å²) in [4.78, 5) is -0.0684. The molecule has 0 aliphatic heterocycles. The van der Waals surface area contributed by atoms with Crippen LogP contribution in [0.3, 0.4) is 0 Å². The summed E-state index contributed by atoms with van der Waals surface area (Å²) in [6.45, 7) is 1.68. The van der Waals surface area contributed by atoms with Crippen molar-refractivity contribution in [2.24, 2.45) is 0 Å². The average Bonchev–Trinajstić information content (AvgIpc) is 2.38. The lowest BCUT2D eigenvalue weighted by atomic mass is 10.2. The van der Waals surface area contributed by atoms with E-state index in [0.717, 1.165) is 6.07 Å². The molecule has 0 aromatic heterocycles. The van der Waals surface area contributed by atoms with E-state index in [2.05, 4.69) is 0 Å². The van der Waals surface area contributed by atoms with E-state index in [1.165, 1.54) is 18.2 Å². The van der Waals surface area contributed by atoms with E-state index < -0.39 is 27.2 Å². The van der Waals surface area contributed by atoms with E-state index >= 15 is 0 Å². The van der Waals surface area contributed by atoms with Crippen LogP contribution in [0.15, 0.2) is 41.3 Å². The number of hydrogen-bond acceptors (Lipinski definition) is 3. The van der Waals surface area contributed by atoms with Gasteiger partial charge >= 0.3 is 0 Å². The molecule has 0 unspecified atom stereocenters. The lowest BCUT2D eigenvalue weighted by Crippen LogP contribution is -2.10.